The Balaban J connectivity index is 2.47. The quantitative estimate of drug-likeness (QED) is 0.764. The van der Waals surface area contributed by atoms with E-state index in [9.17, 15) is 4.79 Å². The van der Waals surface area contributed by atoms with Crippen molar-refractivity contribution in [1.82, 2.24) is 4.90 Å². The molecule has 1 heterocycles. The lowest BCUT2D eigenvalue weighted by Gasteiger charge is -2.35. The number of halogens is 1. The van der Waals surface area contributed by atoms with Crippen molar-refractivity contribution in [2.24, 2.45) is 11.8 Å². The van der Waals surface area contributed by atoms with Gasteiger partial charge in [0, 0.05) is 18.4 Å². The number of carbonyl (C=O) groups is 1. The molecule has 0 aliphatic carbocycles. The maximum Gasteiger partial charge on any atom is 0.407 e. The predicted molar refractivity (Wildman–Crippen MR) is 55.3 cm³/mol. The van der Waals surface area contributed by atoms with Crippen molar-refractivity contribution < 1.29 is 9.90 Å². The summed E-state index contributed by atoms with van der Waals surface area (Å²) in [7, 11) is 0. The standard InChI is InChI=1S/C9H16BrNO2/c1-7-3-5-11(9(12)13)6-8(7)2-4-10/h7-8H,2-6H2,1H3,(H,12,13). The van der Waals surface area contributed by atoms with E-state index in [1.807, 2.05) is 0 Å². The summed E-state index contributed by atoms with van der Waals surface area (Å²) in [5.74, 6) is 1.19. The van der Waals surface area contributed by atoms with Crippen LogP contribution in [0.25, 0.3) is 0 Å². The number of nitrogens with zero attached hydrogens (tertiary/aromatic N) is 1. The molecule has 0 radical (unpaired) electrons. The fraction of sp³-hybridized carbons (Fsp3) is 0.889. The van der Waals surface area contributed by atoms with Crippen LogP contribution in [0, 0.1) is 11.8 Å². The van der Waals surface area contributed by atoms with Gasteiger partial charge in [0.25, 0.3) is 0 Å². The Bertz CT molecular complexity index is 186. The van der Waals surface area contributed by atoms with Gasteiger partial charge in [-0.15, -0.1) is 0 Å². The molecule has 1 saturated heterocycles. The van der Waals surface area contributed by atoms with Gasteiger partial charge in [-0.05, 0) is 24.7 Å². The molecule has 2 atom stereocenters. The topological polar surface area (TPSA) is 40.5 Å². The Hall–Kier alpha value is -0.250. The van der Waals surface area contributed by atoms with E-state index in [1.54, 1.807) is 0 Å². The van der Waals surface area contributed by atoms with Crippen molar-refractivity contribution in [2.45, 2.75) is 19.8 Å². The molecule has 1 aliphatic rings. The highest BCUT2D eigenvalue weighted by Gasteiger charge is 2.27. The third-order valence-corrected chi connectivity index (χ3v) is 3.32. The van der Waals surface area contributed by atoms with Crippen LogP contribution in [-0.4, -0.2) is 34.5 Å². The molecule has 0 bridgehead atoms. The van der Waals surface area contributed by atoms with Gasteiger partial charge in [0.15, 0.2) is 0 Å². The van der Waals surface area contributed by atoms with E-state index >= 15 is 0 Å². The number of carboxylic acid groups (broad SMARTS) is 1. The Kier molecular flexibility index (Phi) is 4.03. The molecule has 13 heavy (non-hydrogen) atoms. The van der Waals surface area contributed by atoms with Crippen molar-refractivity contribution in [3.63, 3.8) is 0 Å². The van der Waals surface area contributed by atoms with E-state index in [1.165, 1.54) is 4.90 Å². The number of likely N-dealkylation sites (tertiary alicyclic amines) is 1. The second-order valence-corrected chi connectivity index (χ2v) is 4.53. The molecule has 0 aromatic rings. The molecule has 0 aromatic carbocycles. The minimum atomic E-state index is -0.772. The Morgan fingerprint density at radius 1 is 1.69 bits per heavy atom. The highest BCUT2D eigenvalue weighted by molar-refractivity contribution is 9.09. The molecule has 1 rings (SSSR count). The molecule has 1 N–H and O–H groups in total. The number of amides is 1. The first-order valence-corrected chi connectivity index (χ1v) is 5.81. The molecule has 0 spiro atoms. The van der Waals surface area contributed by atoms with Gasteiger partial charge < -0.3 is 10.0 Å². The van der Waals surface area contributed by atoms with E-state index in [-0.39, 0.29) is 0 Å². The summed E-state index contributed by atoms with van der Waals surface area (Å²) in [4.78, 5) is 12.3. The van der Waals surface area contributed by atoms with Gasteiger partial charge in [0.2, 0.25) is 0 Å². The first kappa shape index (κ1) is 10.8. The summed E-state index contributed by atoms with van der Waals surface area (Å²) in [5, 5.41) is 9.79. The van der Waals surface area contributed by atoms with E-state index in [0.29, 0.717) is 24.9 Å². The first-order valence-electron chi connectivity index (χ1n) is 4.69. The molecule has 3 nitrogen and oxygen atoms in total. The van der Waals surface area contributed by atoms with Crippen LogP contribution in [-0.2, 0) is 0 Å². The molecule has 1 fully saturated rings. The van der Waals surface area contributed by atoms with Crippen LogP contribution < -0.4 is 0 Å². The molecule has 0 saturated carbocycles. The second kappa shape index (κ2) is 4.84. The molecule has 2 unspecified atom stereocenters. The minimum Gasteiger partial charge on any atom is -0.465 e. The lowest BCUT2D eigenvalue weighted by molar-refractivity contribution is 0.100. The Morgan fingerprint density at radius 2 is 2.38 bits per heavy atom. The van der Waals surface area contributed by atoms with Gasteiger partial charge in [-0.25, -0.2) is 4.79 Å². The third-order valence-electron chi connectivity index (χ3n) is 2.86. The van der Waals surface area contributed by atoms with Crippen LogP contribution in [0.4, 0.5) is 4.79 Å². The number of alkyl halides is 1. The van der Waals surface area contributed by atoms with Crippen LogP contribution in [0.3, 0.4) is 0 Å². The average molecular weight is 250 g/mol. The normalized spacial score (nSPS) is 28.9. The fourth-order valence-corrected chi connectivity index (χ4v) is 2.43. The molecule has 1 amide bonds. The van der Waals surface area contributed by atoms with Gasteiger partial charge in [-0.1, -0.05) is 22.9 Å². The lowest BCUT2D eigenvalue weighted by Crippen LogP contribution is -2.42. The average Bonchev–Trinajstić information content (AvgIpc) is 2.08. The highest BCUT2D eigenvalue weighted by Crippen LogP contribution is 2.26. The van der Waals surface area contributed by atoms with Crippen molar-refractivity contribution in [2.75, 3.05) is 18.4 Å². The summed E-state index contributed by atoms with van der Waals surface area (Å²) >= 11 is 3.40. The van der Waals surface area contributed by atoms with Gasteiger partial charge in [0.05, 0.1) is 0 Å². The second-order valence-electron chi connectivity index (χ2n) is 3.73. The van der Waals surface area contributed by atoms with E-state index < -0.39 is 6.09 Å². The maximum absolute atomic E-state index is 10.7. The van der Waals surface area contributed by atoms with Gasteiger partial charge in [-0.3, -0.25) is 0 Å². The van der Waals surface area contributed by atoms with Crippen molar-refractivity contribution in [3.8, 4) is 0 Å². The molecule has 0 aromatic heterocycles. The molecular weight excluding hydrogens is 234 g/mol. The van der Waals surface area contributed by atoms with Crippen molar-refractivity contribution in [3.05, 3.63) is 0 Å². The van der Waals surface area contributed by atoms with Crippen LogP contribution in [0.15, 0.2) is 0 Å². The molecular formula is C9H16BrNO2. The SMILES string of the molecule is CC1CCN(C(=O)O)CC1CCBr. The third kappa shape index (κ3) is 2.86. The minimum absolute atomic E-state index is 0.532. The van der Waals surface area contributed by atoms with E-state index in [2.05, 4.69) is 22.9 Å². The smallest absolute Gasteiger partial charge is 0.407 e. The largest absolute Gasteiger partial charge is 0.465 e. The number of hydrogen-bond donors (Lipinski definition) is 1. The Morgan fingerprint density at radius 3 is 2.92 bits per heavy atom. The van der Waals surface area contributed by atoms with Crippen LogP contribution in [0.2, 0.25) is 0 Å². The zero-order chi connectivity index (χ0) is 9.84. The van der Waals surface area contributed by atoms with Crippen LogP contribution in [0.1, 0.15) is 19.8 Å². The Labute approximate surface area is 87.2 Å². The number of piperidine rings is 1. The summed E-state index contributed by atoms with van der Waals surface area (Å²) < 4.78 is 0. The molecule has 1 aliphatic heterocycles. The lowest BCUT2D eigenvalue weighted by atomic mass is 9.85. The fourth-order valence-electron chi connectivity index (χ4n) is 1.84. The van der Waals surface area contributed by atoms with Crippen LogP contribution >= 0.6 is 15.9 Å². The summed E-state index contributed by atoms with van der Waals surface area (Å²) in [6.45, 7) is 3.63. The molecule has 76 valence electrons. The maximum atomic E-state index is 10.7. The number of hydrogen-bond acceptors (Lipinski definition) is 1. The summed E-state index contributed by atoms with van der Waals surface area (Å²) in [6.07, 6.45) is 1.31. The molecule has 4 heteroatoms. The van der Waals surface area contributed by atoms with Crippen LogP contribution in [0.5, 0.6) is 0 Å². The summed E-state index contributed by atoms with van der Waals surface area (Å²) in [6, 6.07) is 0. The predicted octanol–water partition coefficient (Wildman–Crippen LogP) is 2.41. The van der Waals surface area contributed by atoms with E-state index in [0.717, 1.165) is 18.2 Å². The monoisotopic (exact) mass is 249 g/mol. The summed E-state index contributed by atoms with van der Waals surface area (Å²) in [5.41, 5.74) is 0. The van der Waals surface area contributed by atoms with Gasteiger partial charge in [-0.2, -0.15) is 0 Å². The van der Waals surface area contributed by atoms with Gasteiger partial charge >= 0.3 is 6.09 Å². The van der Waals surface area contributed by atoms with Gasteiger partial charge in [0.1, 0.15) is 0 Å². The highest BCUT2D eigenvalue weighted by atomic mass is 79.9. The zero-order valence-corrected chi connectivity index (χ0v) is 9.46. The first-order chi connectivity index (χ1) is 6.15. The van der Waals surface area contributed by atoms with Crippen molar-refractivity contribution >= 4 is 22.0 Å². The number of rotatable bonds is 2. The van der Waals surface area contributed by atoms with E-state index in [4.69, 9.17) is 5.11 Å². The zero-order valence-electron chi connectivity index (χ0n) is 7.87. The van der Waals surface area contributed by atoms with Crippen molar-refractivity contribution in [1.29, 1.82) is 0 Å².